The molecule has 0 atom stereocenters. The van der Waals surface area contributed by atoms with Crippen molar-refractivity contribution in [3.05, 3.63) is 0 Å². The van der Waals surface area contributed by atoms with Gasteiger partial charge in [-0.1, -0.05) is 80.1 Å². The van der Waals surface area contributed by atoms with Crippen molar-refractivity contribution in [1.29, 1.82) is 0 Å². The third-order valence-electron chi connectivity index (χ3n) is 4.24. The Bertz CT molecular complexity index is 273. The van der Waals surface area contributed by atoms with E-state index in [0.29, 0.717) is 0 Å². The van der Waals surface area contributed by atoms with Crippen LogP contribution >= 0.6 is 7.82 Å². The lowest BCUT2D eigenvalue weighted by Gasteiger charge is -1.99. The van der Waals surface area contributed by atoms with E-state index in [4.69, 9.17) is 19.2 Å². The van der Waals surface area contributed by atoms with Gasteiger partial charge in [0.05, 0.1) is 0 Å². The Morgan fingerprint density at radius 3 is 0.656 bits per heavy atom. The quantitative estimate of drug-likeness (QED) is 0.111. The predicted molar refractivity (Wildman–Crippen MR) is 142 cm³/mol. The second-order valence-electron chi connectivity index (χ2n) is 7.88. The van der Waals surface area contributed by atoms with Crippen LogP contribution in [0.3, 0.4) is 0 Å². The molecule has 0 fully saturated rings. The topological polar surface area (TPSA) is 114 Å². The summed E-state index contributed by atoms with van der Waals surface area (Å²) >= 11 is 0. The molecule has 0 aliphatic rings. The Kier molecular flexibility index (Phi) is 46.9. The second kappa shape index (κ2) is 38.3. The first kappa shape index (κ1) is 39.2. The molecule has 0 aliphatic heterocycles. The molecule has 0 saturated heterocycles. The fourth-order valence-corrected chi connectivity index (χ4v) is 2.19. The molecule has 6 N–H and O–H groups in total. The van der Waals surface area contributed by atoms with Crippen molar-refractivity contribution < 1.29 is 19.2 Å². The predicted octanol–water partition coefficient (Wildman–Crippen LogP) is 5.60. The lowest BCUT2D eigenvalue weighted by atomic mass is 10.3. The number of hydrogen-bond acceptors (Lipinski definition) is 4. The van der Waals surface area contributed by atoms with Gasteiger partial charge >= 0.3 is 7.82 Å². The molecular formula is C24H60N3O4P. The summed E-state index contributed by atoms with van der Waals surface area (Å²) in [6.07, 6.45) is 15.8. The van der Waals surface area contributed by atoms with Crippen LogP contribution in [-0.4, -0.2) is 53.9 Å². The minimum absolute atomic E-state index is 1.20. The third kappa shape index (κ3) is 77.9. The van der Waals surface area contributed by atoms with Gasteiger partial charge in [0.15, 0.2) is 0 Å². The van der Waals surface area contributed by atoms with E-state index in [1.807, 2.05) is 0 Å². The fourth-order valence-electron chi connectivity index (χ4n) is 2.19. The zero-order valence-electron chi connectivity index (χ0n) is 22.4. The van der Waals surface area contributed by atoms with Gasteiger partial charge in [-0.15, -0.1) is 0 Å². The summed E-state index contributed by atoms with van der Waals surface area (Å²) in [5.41, 5.74) is 0. The maximum atomic E-state index is 8.88. The van der Waals surface area contributed by atoms with Gasteiger partial charge in [0, 0.05) is 0 Å². The number of rotatable bonds is 18. The molecule has 200 valence electrons. The van der Waals surface area contributed by atoms with Gasteiger partial charge < -0.3 is 30.6 Å². The molecule has 0 unspecified atom stereocenters. The highest BCUT2D eigenvalue weighted by molar-refractivity contribution is 7.45. The van der Waals surface area contributed by atoms with Crippen LogP contribution < -0.4 is 16.0 Å². The molecule has 7 nitrogen and oxygen atoms in total. The molecule has 0 radical (unpaired) electrons. The minimum atomic E-state index is -4.64. The molecule has 0 aromatic heterocycles. The zero-order valence-corrected chi connectivity index (χ0v) is 23.3. The van der Waals surface area contributed by atoms with Crippen molar-refractivity contribution in [3.63, 3.8) is 0 Å². The van der Waals surface area contributed by atoms with Crippen molar-refractivity contribution in [3.8, 4) is 0 Å². The van der Waals surface area contributed by atoms with Crippen LogP contribution in [0.5, 0.6) is 0 Å². The first-order valence-electron chi connectivity index (χ1n) is 13.1. The summed E-state index contributed by atoms with van der Waals surface area (Å²) in [5.74, 6) is 0. The molecule has 0 aromatic rings. The van der Waals surface area contributed by atoms with Gasteiger partial charge in [0.2, 0.25) is 0 Å². The Morgan fingerprint density at radius 1 is 0.438 bits per heavy atom. The SMILES string of the molecule is CCCCNCCCC.CCCCNCCCC.CCCCNCCCC.O=P(O)(O)O. The number of nitrogens with one attached hydrogen (secondary N) is 3. The molecular weight excluding hydrogens is 425 g/mol. The molecule has 0 bridgehead atoms. The normalized spacial score (nSPS) is 10.3. The van der Waals surface area contributed by atoms with Gasteiger partial charge in [-0.2, -0.15) is 0 Å². The van der Waals surface area contributed by atoms with Crippen molar-refractivity contribution >= 4 is 7.82 Å². The van der Waals surface area contributed by atoms with E-state index in [2.05, 4.69) is 57.5 Å². The van der Waals surface area contributed by atoms with Gasteiger partial charge in [0.25, 0.3) is 0 Å². The third-order valence-corrected chi connectivity index (χ3v) is 4.24. The highest BCUT2D eigenvalue weighted by atomic mass is 31.2. The van der Waals surface area contributed by atoms with E-state index in [1.165, 1.54) is 116 Å². The summed E-state index contributed by atoms with van der Waals surface area (Å²) in [5, 5.41) is 10.2. The largest absolute Gasteiger partial charge is 0.466 e. The fraction of sp³-hybridized carbons (Fsp3) is 1.00. The lowest BCUT2D eigenvalue weighted by molar-refractivity contribution is 0.275. The standard InChI is InChI=1S/3C8H19N.H3O4P/c3*1-3-5-7-9-8-6-4-2;1-5(2,3)4/h3*9H,3-8H2,1-2H3;(H3,1,2,3,4). The average Bonchev–Trinajstić information content (AvgIpc) is 2.73. The van der Waals surface area contributed by atoms with Gasteiger partial charge in [-0.25, -0.2) is 4.57 Å². The smallest absolute Gasteiger partial charge is 0.317 e. The Balaban J connectivity index is -0.000000167. The van der Waals surface area contributed by atoms with Crippen LogP contribution in [0, 0.1) is 0 Å². The second-order valence-corrected chi connectivity index (χ2v) is 8.91. The van der Waals surface area contributed by atoms with Crippen LogP contribution in [0.25, 0.3) is 0 Å². The summed E-state index contributed by atoms with van der Waals surface area (Å²) in [6.45, 7) is 20.6. The van der Waals surface area contributed by atoms with Crippen molar-refractivity contribution in [2.45, 2.75) is 119 Å². The van der Waals surface area contributed by atoms with Gasteiger partial charge in [-0.05, 0) is 77.8 Å². The molecule has 32 heavy (non-hydrogen) atoms. The van der Waals surface area contributed by atoms with Crippen molar-refractivity contribution in [2.24, 2.45) is 0 Å². The molecule has 0 saturated carbocycles. The average molecular weight is 486 g/mol. The van der Waals surface area contributed by atoms with Crippen LogP contribution in [0.15, 0.2) is 0 Å². The Hall–Kier alpha value is -0.0100. The highest BCUT2D eigenvalue weighted by Crippen LogP contribution is 2.25. The molecule has 8 heteroatoms. The first-order chi connectivity index (χ1) is 15.2. The van der Waals surface area contributed by atoms with E-state index in [1.54, 1.807) is 0 Å². The number of hydrogen-bond donors (Lipinski definition) is 6. The molecule has 0 heterocycles. The minimum Gasteiger partial charge on any atom is -0.317 e. The summed E-state index contributed by atoms with van der Waals surface area (Å²) in [7, 11) is -4.64. The Labute approximate surface area is 201 Å². The molecule has 0 aliphatic carbocycles. The Morgan fingerprint density at radius 2 is 0.562 bits per heavy atom. The van der Waals surface area contributed by atoms with E-state index < -0.39 is 7.82 Å². The van der Waals surface area contributed by atoms with E-state index in [9.17, 15) is 0 Å². The van der Waals surface area contributed by atoms with Crippen molar-refractivity contribution in [2.75, 3.05) is 39.3 Å². The number of unbranched alkanes of at least 4 members (excludes halogenated alkanes) is 6. The van der Waals surface area contributed by atoms with Gasteiger partial charge in [-0.3, -0.25) is 0 Å². The summed E-state index contributed by atoms with van der Waals surface area (Å²) in [6, 6.07) is 0. The maximum absolute atomic E-state index is 8.88. The van der Waals surface area contributed by atoms with Crippen LogP contribution in [0.1, 0.15) is 119 Å². The van der Waals surface area contributed by atoms with Gasteiger partial charge in [0.1, 0.15) is 0 Å². The first-order valence-corrected chi connectivity index (χ1v) is 14.7. The monoisotopic (exact) mass is 485 g/mol. The number of phosphoric acid groups is 1. The lowest BCUT2D eigenvalue weighted by Crippen LogP contribution is -2.15. The summed E-state index contributed by atoms with van der Waals surface area (Å²) < 4.78 is 8.88. The van der Waals surface area contributed by atoms with Crippen LogP contribution in [0.2, 0.25) is 0 Å². The van der Waals surface area contributed by atoms with Crippen LogP contribution in [-0.2, 0) is 4.57 Å². The molecule has 0 amide bonds. The van der Waals surface area contributed by atoms with E-state index in [0.717, 1.165) is 0 Å². The molecule has 0 spiro atoms. The summed E-state index contributed by atoms with van der Waals surface area (Å²) in [4.78, 5) is 21.6. The van der Waals surface area contributed by atoms with Crippen molar-refractivity contribution in [1.82, 2.24) is 16.0 Å². The van der Waals surface area contributed by atoms with Crippen LogP contribution in [0.4, 0.5) is 0 Å². The van der Waals surface area contributed by atoms with E-state index in [-0.39, 0.29) is 0 Å². The molecule has 0 aromatic carbocycles. The highest BCUT2D eigenvalue weighted by Gasteiger charge is 2.00. The van der Waals surface area contributed by atoms with E-state index >= 15 is 0 Å². The maximum Gasteiger partial charge on any atom is 0.466 e. The zero-order chi connectivity index (χ0) is 25.3. The molecule has 0 rings (SSSR count).